The van der Waals surface area contributed by atoms with Crippen molar-refractivity contribution in [3.8, 4) is 0 Å². The summed E-state index contributed by atoms with van der Waals surface area (Å²) >= 11 is 0. The number of para-hydroxylation sites is 2. The number of sulfonamides is 1. The summed E-state index contributed by atoms with van der Waals surface area (Å²) in [6.07, 6.45) is 7.07. The van der Waals surface area contributed by atoms with Gasteiger partial charge in [0.25, 0.3) is 0 Å². The molecule has 1 saturated heterocycles. The number of fused-ring (bicyclic) bond motifs is 1. The SMILES string of the molecule is Cn1c(CCNC(=O)[C@@H]2CN(S(C)(=O)=O)CC23CCCCC3)nc2ccccc21. The van der Waals surface area contributed by atoms with Crippen molar-refractivity contribution in [2.24, 2.45) is 18.4 Å². The van der Waals surface area contributed by atoms with Crippen LogP contribution in [0.5, 0.6) is 0 Å². The van der Waals surface area contributed by atoms with E-state index in [1.165, 1.54) is 17.0 Å². The Morgan fingerprint density at radius 3 is 2.66 bits per heavy atom. The molecular formula is C21H30N4O3S. The number of hydrogen-bond acceptors (Lipinski definition) is 4. The predicted molar refractivity (Wildman–Crippen MR) is 113 cm³/mol. The van der Waals surface area contributed by atoms with Gasteiger partial charge in [0.1, 0.15) is 5.82 Å². The first-order chi connectivity index (χ1) is 13.8. The molecule has 0 bridgehead atoms. The molecule has 4 rings (SSSR count). The first kappa shape index (κ1) is 20.3. The summed E-state index contributed by atoms with van der Waals surface area (Å²) < 4.78 is 27.8. The number of hydrogen-bond donors (Lipinski definition) is 1. The second-order valence-electron chi connectivity index (χ2n) is 8.65. The van der Waals surface area contributed by atoms with Gasteiger partial charge in [-0.1, -0.05) is 31.4 Å². The molecule has 2 aromatic rings. The van der Waals surface area contributed by atoms with Gasteiger partial charge in [-0.3, -0.25) is 4.79 Å². The highest BCUT2D eigenvalue weighted by Crippen LogP contribution is 2.48. The number of rotatable bonds is 5. The monoisotopic (exact) mass is 418 g/mol. The Hall–Kier alpha value is -1.93. The standard InChI is InChI=1S/C21H30N4O3S/c1-24-18-9-5-4-8-17(18)23-19(24)10-13-22-20(26)16-14-25(29(2,27)28)15-21(16)11-6-3-7-12-21/h4-5,8-9,16H,3,6-7,10-15H2,1-2H3,(H,22,26)/t16-/m0/s1. The molecule has 1 aromatic carbocycles. The lowest BCUT2D eigenvalue weighted by Crippen LogP contribution is -2.43. The van der Waals surface area contributed by atoms with Crippen LogP contribution in [0.2, 0.25) is 0 Å². The van der Waals surface area contributed by atoms with Crippen LogP contribution in [0, 0.1) is 11.3 Å². The molecule has 1 saturated carbocycles. The average molecular weight is 419 g/mol. The minimum Gasteiger partial charge on any atom is -0.355 e. The predicted octanol–water partition coefficient (Wildman–Crippen LogP) is 2.07. The molecule has 1 aliphatic heterocycles. The van der Waals surface area contributed by atoms with Crippen molar-refractivity contribution in [1.82, 2.24) is 19.2 Å². The number of carbonyl (C=O) groups is 1. The number of aryl methyl sites for hydroxylation is 1. The van der Waals surface area contributed by atoms with E-state index in [1.807, 2.05) is 31.3 Å². The van der Waals surface area contributed by atoms with E-state index in [0.717, 1.165) is 42.5 Å². The normalized spacial score (nSPS) is 22.3. The van der Waals surface area contributed by atoms with Gasteiger partial charge in [-0.2, -0.15) is 0 Å². The van der Waals surface area contributed by atoms with Crippen LogP contribution in [0.25, 0.3) is 11.0 Å². The van der Waals surface area contributed by atoms with Crippen molar-refractivity contribution in [3.63, 3.8) is 0 Å². The second kappa shape index (κ2) is 7.72. The van der Waals surface area contributed by atoms with E-state index < -0.39 is 10.0 Å². The second-order valence-corrected chi connectivity index (χ2v) is 10.6. The maximum Gasteiger partial charge on any atom is 0.225 e. The molecule has 2 aliphatic rings. The Bertz CT molecular complexity index is 1010. The van der Waals surface area contributed by atoms with Gasteiger partial charge in [-0.25, -0.2) is 17.7 Å². The zero-order valence-electron chi connectivity index (χ0n) is 17.2. The summed E-state index contributed by atoms with van der Waals surface area (Å²) in [6.45, 7) is 1.28. The number of nitrogens with zero attached hydrogens (tertiary/aromatic N) is 3. The van der Waals surface area contributed by atoms with Crippen LogP contribution in [0.15, 0.2) is 24.3 Å². The Labute approximate surface area is 172 Å². The third-order valence-electron chi connectivity index (χ3n) is 6.78. The van der Waals surface area contributed by atoms with Crippen LogP contribution >= 0.6 is 0 Å². The van der Waals surface area contributed by atoms with E-state index in [1.54, 1.807) is 0 Å². The fourth-order valence-electron chi connectivity index (χ4n) is 5.14. The molecule has 1 amide bonds. The molecule has 0 unspecified atom stereocenters. The van der Waals surface area contributed by atoms with Crippen molar-refractivity contribution in [3.05, 3.63) is 30.1 Å². The summed E-state index contributed by atoms with van der Waals surface area (Å²) in [4.78, 5) is 17.7. The van der Waals surface area contributed by atoms with Gasteiger partial charge in [0.05, 0.1) is 23.2 Å². The summed E-state index contributed by atoms with van der Waals surface area (Å²) in [6, 6.07) is 7.99. The minimum absolute atomic E-state index is 0.0168. The highest BCUT2D eigenvalue weighted by molar-refractivity contribution is 7.88. The largest absolute Gasteiger partial charge is 0.355 e. The number of imidazole rings is 1. The molecule has 8 heteroatoms. The zero-order chi connectivity index (χ0) is 20.6. The first-order valence-electron chi connectivity index (χ1n) is 10.4. The van der Waals surface area contributed by atoms with Crippen molar-refractivity contribution in [1.29, 1.82) is 0 Å². The van der Waals surface area contributed by atoms with Crippen molar-refractivity contribution >= 4 is 27.0 Å². The van der Waals surface area contributed by atoms with Crippen LogP contribution in [-0.4, -0.2) is 54.1 Å². The molecule has 1 N–H and O–H groups in total. The molecule has 1 spiro atoms. The third kappa shape index (κ3) is 3.92. The smallest absolute Gasteiger partial charge is 0.225 e. The quantitative estimate of drug-likeness (QED) is 0.806. The van der Waals surface area contributed by atoms with E-state index >= 15 is 0 Å². The summed E-state index contributed by atoms with van der Waals surface area (Å²) in [5.41, 5.74) is 1.83. The van der Waals surface area contributed by atoms with Crippen molar-refractivity contribution < 1.29 is 13.2 Å². The molecule has 7 nitrogen and oxygen atoms in total. The van der Waals surface area contributed by atoms with E-state index in [2.05, 4.69) is 14.9 Å². The van der Waals surface area contributed by atoms with Gasteiger partial charge in [-0.15, -0.1) is 0 Å². The van der Waals surface area contributed by atoms with Gasteiger partial charge in [0.15, 0.2) is 0 Å². The average Bonchev–Trinajstić information content (AvgIpc) is 3.21. The maximum atomic E-state index is 13.1. The number of amides is 1. The zero-order valence-corrected chi connectivity index (χ0v) is 18.0. The van der Waals surface area contributed by atoms with Crippen LogP contribution in [0.3, 0.4) is 0 Å². The molecule has 2 heterocycles. The lowest BCUT2D eigenvalue weighted by atomic mass is 9.67. The molecule has 1 aliphatic carbocycles. The topological polar surface area (TPSA) is 84.3 Å². The molecule has 29 heavy (non-hydrogen) atoms. The van der Waals surface area contributed by atoms with Crippen LogP contribution in [0.4, 0.5) is 0 Å². The molecule has 2 fully saturated rings. The molecular weight excluding hydrogens is 388 g/mol. The number of benzene rings is 1. The first-order valence-corrected chi connectivity index (χ1v) is 12.3. The van der Waals surface area contributed by atoms with Gasteiger partial charge >= 0.3 is 0 Å². The third-order valence-corrected chi connectivity index (χ3v) is 8.00. The Balaban J connectivity index is 1.44. The number of carbonyl (C=O) groups excluding carboxylic acids is 1. The van der Waals surface area contributed by atoms with Gasteiger partial charge < -0.3 is 9.88 Å². The highest BCUT2D eigenvalue weighted by Gasteiger charge is 2.52. The van der Waals surface area contributed by atoms with E-state index in [4.69, 9.17) is 0 Å². The van der Waals surface area contributed by atoms with Crippen LogP contribution in [0.1, 0.15) is 37.9 Å². The Morgan fingerprint density at radius 2 is 1.97 bits per heavy atom. The lowest BCUT2D eigenvalue weighted by molar-refractivity contribution is -0.128. The maximum absolute atomic E-state index is 13.1. The summed E-state index contributed by atoms with van der Waals surface area (Å²) in [7, 11) is -1.30. The van der Waals surface area contributed by atoms with Gasteiger partial charge in [-0.05, 0) is 30.4 Å². The molecule has 0 radical (unpaired) electrons. The number of aromatic nitrogens is 2. The van der Waals surface area contributed by atoms with Gasteiger partial charge in [0.2, 0.25) is 15.9 Å². The minimum atomic E-state index is -3.29. The van der Waals surface area contributed by atoms with Crippen molar-refractivity contribution in [2.45, 2.75) is 38.5 Å². The van der Waals surface area contributed by atoms with Gasteiger partial charge in [0, 0.05) is 33.1 Å². The molecule has 1 atom stereocenters. The highest BCUT2D eigenvalue weighted by atomic mass is 32.2. The summed E-state index contributed by atoms with van der Waals surface area (Å²) in [5.74, 6) is 0.651. The van der Waals surface area contributed by atoms with E-state index in [-0.39, 0.29) is 17.2 Å². The summed E-state index contributed by atoms with van der Waals surface area (Å²) in [5, 5.41) is 3.07. The van der Waals surface area contributed by atoms with Crippen LogP contribution in [-0.2, 0) is 28.3 Å². The lowest BCUT2D eigenvalue weighted by Gasteiger charge is -2.37. The number of nitrogens with one attached hydrogen (secondary N) is 1. The fourth-order valence-corrected chi connectivity index (χ4v) is 6.05. The Kier molecular flexibility index (Phi) is 5.42. The van der Waals surface area contributed by atoms with E-state index in [9.17, 15) is 13.2 Å². The molecule has 158 valence electrons. The van der Waals surface area contributed by atoms with E-state index in [0.29, 0.717) is 26.1 Å². The fraction of sp³-hybridized carbons (Fsp3) is 0.619. The molecule has 1 aromatic heterocycles. The Morgan fingerprint density at radius 1 is 1.24 bits per heavy atom. The van der Waals surface area contributed by atoms with Crippen LogP contribution < -0.4 is 5.32 Å². The van der Waals surface area contributed by atoms with Crippen molar-refractivity contribution in [2.75, 3.05) is 25.9 Å².